The summed E-state index contributed by atoms with van der Waals surface area (Å²) in [5.74, 6) is -0.494. The van der Waals surface area contributed by atoms with E-state index in [1.54, 1.807) is 0 Å². The first-order chi connectivity index (χ1) is 7.40. The molecule has 0 bridgehead atoms. The number of halogens is 2. The summed E-state index contributed by atoms with van der Waals surface area (Å²) in [5.41, 5.74) is 0.470. The summed E-state index contributed by atoms with van der Waals surface area (Å²) in [6.45, 7) is 2.42. The molecule has 16 heavy (non-hydrogen) atoms. The van der Waals surface area contributed by atoms with Gasteiger partial charge in [0.2, 0.25) is 0 Å². The third-order valence-corrected chi connectivity index (χ3v) is 5.13. The molecule has 0 aromatic heterocycles. The van der Waals surface area contributed by atoms with Crippen LogP contribution in [0.15, 0.2) is 21.5 Å². The molecule has 1 unspecified atom stereocenters. The lowest BCUT2D eigenvalue weighted by Gasteiger charge is -2.08. The van der Waals surface area contributed by atoms with Crippen molar-refractivity contribution in [3.63, 3.8) is 0 Å². The number of benzene rings is 1. The summed E-state index contributed by atoms with van der Waals surface area (Å²) in [6.07, 6.45) is 0. The molecule has 6 heteroatoms. The molecular formula is C10H11BrFNO2S. The maximum atomic E-state index is 13.3. The highest BCUT2D eigenvalue weighted by molar-refractivity contribution is 9.10. The van der Waals surface area contributed by atoms with Crippen molar-refractivity contribution >= 4 is 31.5 Å². The fraction of sp³-hybridized carbons (Fsp3) is 0.400. The Labute approximate surface area is 102 Å². The van der Waals surface area contributed by atoms with Gasteiger partial charge in [-0.1, -0.05) is 6.92 Å². The zero-order valence-electron chi connectivity index (χ0n) is 8.63. The topological polar surface area (TPSA) is 46.2 Å². The molecule has 0 radical (unpaired) electrons. The number of fused-ring (bicyclic) bond motifs is 1. The summed E-state index contributed by atoms with van der Waals surface area (Å²) in [7, 11) is -3.39. The fourth-order valence-corrected chi connectivity index (χ4v) is 3.87. The van der Waals surface area contributed by atoms with E-state index in [1.165, 1.54) is 6.07 Å². The number of hydrogen-bond donors (Lipinski definition) is 1. The Kier molecular flexibility index (Phi) is 2.96. The van der Waals surface area contributed by atoms with Crippen LogP contribution in [-0.4, -0.2) is 20.7 Å². The molecule has 1 atom stereocenters. The lowest BCUT2D eigenvalue weighted by molar-refractivity contribution is 0.579. The SMILES string of the molecule is CC1CNc2cc(Br)c(F)cc2S(=O)(=O)C1. The van der Waals surface area contributed by atoms with E-state index >= 15 is 0 Å². The number of anilines is 1. The largest absolute Gasteiger partial charge is 0.384 e. The smallest absolute Gasteiger partial charge is 0.180 e. The van der Waals surface area contributed by atoms with Gasteiger partial charge in [0, 0.05) is 6.54 Å². The molecule has 1 aliphatic rings. The Hall–Kier alpha value is -0.620. The highest BCUT2D eigenvalue weighted by Gasteiger charge is 2.26. The van der Waals surface area contributed by atoms with E-state index < -0.39 is 15.7 Å². The zero-order chi connectivity index (χ0) is 11.9. The summed E-state index contributed by atoms with van der Waals surface area (Å²) in [6, 6.07) is 2.54. The minimum Gasteiger partial charge on any atom is -0.384 e. The van der Waals surface area contributed by atoms with Gasteiger partial charge >= 0.3 is 0 Å². The van der Waals surface area contributed by atoms with E-state index in [1.807, 2.05) is 6.92 Å². The second-order valence-electron chi connectivity index (χ2n) is 4.03. The minimum atomic E-state index is -3.39. The minimum absolute atomic E-state index is 0.0132. The molecule has 2 rings (SSSR count). The van der Waals surface area contributed by atoms with Crippen LogP contribution in [0.1, 0.15) is 6.92 Å². The van der Waals surface area contributed by atoms with Crippen LogP contribution >= 0.6 is 15.9 Å². The number of rotatable bonds is 0. The molecule has 0 spiro atoms. The van der Waals surface area contributed by atoms with Crippen molar-refractivity contribution in [2.24, 2.45) is 5.92 Å². The molecule has 0 saturated heterocycles. The van der Waals surface area contributed by atoms with E-state index in [0.717, 1.165) is 6.07 Å². The Morgan fingerprint density at radius 1 is 1.50 bits per heavy atom. The molecule has 0 amide bonds. The van der Waals surface area contributed by atoms with Gasteiger partial charge in [0.05, 0.1) is 20.8 Å². The monoisotopic (exact) mass is 307 g/mol. The molecular weight excluding hydrogens is 297 g/mol. The standard InChI is InChI=1S/C10H11BrFNO2S/c1-6-4-13-9-2-7(11)8(12)3-10(9)16(14,15)5-6/h2-3,6,13H,4-5H2,1H3. The predicted molar refractivity (Wildman–Crippen MR) is 63.8 cm³/mol. The van der Waals surface area contributed by atoms with Crippen LogP contribution in [-0.2, 0) is 9.84 Å². The van der Waals surface area contributed by atoms with Gasteiger partial charge in [-0.25, -0.2) is 12.8 Å². The van der Waals surface area contributed by atoms with E-state index in [-0.39, 0.29) is 21.0 Å². The Balaban J connectivity index is 2.64. The highest BCUT2D eigenvalue weighted by atomic mass is 79.9. The normalized spacial score (nSPS) is 23.1. The van der Waals surface area contributed by atoms with E-state index in [0.29, 0.717) is 12.2 Å². The first-order valence-electron chi connectivity index (χ1n) is 4.86. The highest BCUT2D eigenvalue weighted by Crippen LogP contribution is 2.31. The third kappa shape index (κ3) is 2.08. The zero-order valence-corrected chi connectivity index (χ0v) is 11.0. The molecule has 1 aliphatic heterocycles. The van der Waals surface area contributed by atoms with Crippen molar-refractivity contribution in [2.45, 2.75) is 11.8 Å². The van der Waals surface area contributed by atoms with Gasteiger partial charge in [-0.15, -0.1) is 0 Å². The first kappa shape index (κ1) is 11.9. The van der Waals surface area contributed by atoms with Gasteiger partial charge in [-0.3, -0.25) is 0 Å². The predicted octanol–water partition coefficient (Wildman–Crippen LogP) is 2.42. The van der Waals surface area contributed by atoms with Crippen LogP contribution in [0.2, 0.25) is 0 Å². The van der Waals surface area contributed by atoms with Crippen molar-refractivity contribution in [1.82, 2.24) is 0 Å². The average molecular weight is 308 g/mol. The maximum absolute atomic E-state index is 13.3. The van der Waals surface area contributed by atoms with Crippen LogP contribution in [0, 0.1) is 11.7 Å². The molecule has 0 aliphatic carbocycles. The van der Waals surface area contributed by atoms with Crippen LogP contribution in [0.5, 0.6) is 0 Å². The lowest BCUT2D eigenvalue weighted by atomic mass is 10.2. The second-order valence-corrected chi connectivity index (χ2v) is 6.89. The molecule has 1 N–H and O–H groups in total. The molecule has 1 aromatic rings. The number of sulfone groups is 1. The van der Waals surface area contributed by atoms with Crippen molar-refractivity contribution in [3.8, 4) is 0 Å². The fourth-order valence-electron chi connectivity index (χ4n) is 1.73. The van der Waals surface area contributed by atoms with Crippen LogP contribution < -0.4 is 5.32 Å². The van der Waals surface area contributed by atoms with Gasteiger partial charge in [0.1, 0.15) is 5.82 Å². The summed E-state index contributed by atoms with van der Waals surface area (Å²) in [5, 5.41) is 3.02. The van der Waals surface area contributed by atoms with Gasteiger partial charge in [0.15, 0.2) is 9.84 Å². The molecule has 88 valence electrons. The van der Waals surface area contributed by atoms with Crippen molar-refractivity contribution in [3.05, 3.63) is 22.4 Å². The van der Waals surface area contributed by atoms with E-state index in [9.17, 15) is 12.8 Å². The summed E-state index contributed by atoms with van der Waals surface area (Å²) in [4.78, 5) is 0.0533. The Morgan fingerprint density at radius 3 is 2.88 bits per heavy atom. The number of nitrogens with one attached hydrogen (secondary N) is 1. The molecule has 1 aromatic carbocycles. The van der Waals surface area contributed by atoms with Gasteiger partial charge in [-0.05, 0) is 34.0 Å². The summed E-state index contributed by atoms with van der Waals surface area (Å²) >= 11 is 3.04. The first-order valence-corrected chi connectivity index (χ1v) is 7.30. The third-order valence-electron chi connectivity index (χ3n) is 2.50. The van der Waals surface area contributed by atoms with Gasteiger partial charge in [-0.2, -0.15) is 0 Å². The maximum Gasteiger partial charge on any atom is 0.180 e. The Morgan fingerprint density at radius 2 is 2.19 bits per heavy atom. The van der Waals surface area contributed by atoms with Crippen LogP contribution in [0.25, 0.3) is 0 Å². The Bertz CT molecular complexity index is 530. The number of hydrogen-bond acceptors (Lipinski definition) is 3. The van der Waals surface area contributed by atoms with Gasteiger partial charge < -0.3 is 5.32 Å². The molecule has 1 heterocycles. The second kappa shape index (κ2) is 4.00. The van der Waals surface area contributed by atoms with E-state index in [4.69, 9.17) is 0 Å². The van der Waals surface area contributed by atoms with Crippen LogP contribution in [0.3, 0.4) is 0 Å². The molecule has 0 saturated carbocycles. The van der Waals surface area contributed by atoms with Crippen molar-refractivity contribution in [1.29, 1.82) is 0 Å². The van der Waals surface area contributed by atoms with Crippen molar-refractivity contribution < 1.29 is 12.8 Å². The van der Waals surface area contributed by atoms with Crippen molar-refractivity contribution in [2.75, 3.05) is 17.6 Å². The van der Waals surface area contributed by atoms with Gasteiger partial charge in [0.25, 0.3) is 0 Å². The molecule has 0 fully saturated rings. The lowest BCUT2D eigenvalue weighted by Crippen LogP contribution is -2.15. The average Bonchev–Trinajstić information content (AvgIpc) is 2.27. The summed E-state index contributed by atoms with van der Waals surface area (Å²) < 4.78 is 37.5. The van der Waals surface area contributed by atoms with E-state index in [2.05, 4.69) is 21.2 Å². The van der Waals surface area contributed by atoms with Crippen LogP contribution in [0.4, 0.5) is 10.1 Å². The molecule has 3 nitrogen and oxygen atoms in total. The quantitative estimate of drug-likeness (QED) is 0.800.